The quantitative estimate of drug-likeness (QED) is 0.712. The van der Waals surface area contributed by atoms with Crippen LogP contribution in [0.25, 0.3) is 16.5 Å². The molecule has 1 aromatic heterocycles. The largest absolute Gasteiger partial charge is 0.248 e. The Bertz CT molecular complexity index is 616. The molecule has 0 radical (unpaired) electrons. The summed E-state index contributed by atoms with van der Waals surface area (Å²) in [5, 5.41) is 0.864. The third-order valence-corrected chi connectivity index (χ3v) is 3.57. The SMILES string of the molecule is CC1C=C(c2ccc3cc(F)ccc3n2)CCC1. The number of hydrogen-bond donors (Lipinski definition) is 0. The second-order valence-corrected chi connectivity index (χ2v) is 5.09. The first-order chi connectivity index (χ1) is 8.72. The molecule has 1 aliphatic rings. The van der Waals surface area contributed by atoms with Crippen molar-refractivity contribution < 1.29 is 4.39 Å². The van der Waals surface area contributed by atoms with Crippen molar-refractivity contribution in [2.24, 2.45) is 5.92 Å². The van der Waals surface area contributed by atoms with Gasteiger partial charge in [0.05, 0.1) is 11.2 Å². The summed E-state index contributed by atoms with van der Waals surface area (Å²) < 4.78 is 13.1. The number of halogens is 1. The van der Waals surface area contributed by atoms with Gasteiger partial charge in [-0.15, -0.1) is 0 Å². The van der Waals surface area contributed by atoms with Crippen molar-refractivity contribution in [3.05, 3.63) is 47.9 Å². The highest BCUT2D eigenvalue weighted by molar-refractivity contribution is 5.81. The fraction of sp³-hybridized carbons (Fsp3) is 0.312. The second-order valence-electron chi connectivity index (χ2n) is 5.09. The fourth-order valence-corrected chi connectivity index (χ4v) is 2.61. The Hall–Kier alpha value is -1.70. The van der Waals surface area contributed by atoms with Crippen molar-refractivity contribution in [3.63, 3.8) is 0 Å². The van der Waals surface area contributed by atoms with Gasteiger partial charge in [0, 0.05) is 5.39 Å². The van der Waals surface area contributed by atoms with Crippen LogP contribution >= 0.6 is 0 Å². The van der Waals surface area contributed by atoms with E-state index >= 15 is 0 Å². The lowest BCUT2D eigenvalue weighted by molar-refractivity contribution is 0.592. The number of hydrogen-bond acceptors (Lipinski definition) is 1. The van der Waals surface area contributed by atoms with E-state index in [1.54, 1.807) is 6.07 Å². The molecular weight excluding hydrogens is 225 g/mol. The predicted octanol–water partition coefficient (Wildman–Crippen LogP) is 4.58. The molecule has 0 spiro atoms. The van der Waals surface area contributed by atoms with Gasteiger partial charge in [-0.05, 0) is 55.0 Å². The summed E-state index contributed by atoms with van der Waals surface area (Å²) in [7, 11) is 0. The molecule has 1 unspecified atom stereocenters. The zero-order chi connectivity index (χ0) is 12.5. The van der Waals surface area contributed by atoms with E-state index in [4.69, 9.17) is 0 Å². The zero-order valence-electron chi connectivity index (χ0n) is 10.5. The first kappa shape index (κ1) is 11.4. The number of nitrogens with zero attached hydrogens (tertiary/aromatic N) is 1. The number of pyridine rings is 1. The maximum Gasteiger partial charge on any atom is 0.123 e. The van der Waals surface area contributed by atoms with Crippen LogP contribution in [0.4, 0.5) is 4.39 Å². The lowest BCUT2D eigenvalue weighted by Gasteiger charge is -2.17. The van der Waals surface area contributed by atoms with E-state index in [9.17, 15) is 4.39 Å². The van der Waals surface area contributed by atoms with Crippen LogP contribution in [0.2, 0.25) is 0 Å². The topological polar surface area (TPSA) is 12.9 Å². The van der Waals surface area contributed by atoms with Crippen LogP contribution < -0.4 is 0 Å². The number of allylic oxidation sites excluding steroid dienone is 2. The minimum Gasteiger partial charge on any atom is -0.248 e. The molecule has 18 heavy (non-hydrogen) atoms. The summed E-state index contributed by atoms with van der Waals surface area (Å²) in [4.78, 5) is 4.64. The predicted molar refractivity (Wildman–Crippen MR) is 72.7 cm³/mol. The standard InChI is InChI=1S/C16H16FN/c1-11-3-2-4-12(9-11)15-7-5-13-10-14(17)6-8-16(13)18-15/h5-11H,2-4H2,1H3. The first-order valence-electron chi connectivity index (χ1n) is 6.50. The van der Waals surface area contributed by atoms with Crippen molar-refractivity contribution in [2.75, 3.05) is 0 Å². The Labute approximate surface area is 106 Å². The fourth-order valence-electron chi connectivity index (χ4n) is 2.61. The lowest BCUT2D eigenvalue weighted by atomic mass is 9.90. The van der Waals surface area contributed by atoms with Crippen molar-refractivity contribution >= 4 is 16.5 Å². The number of aromatic nitrogens is 1. The average molecular weight is 241 g/mol. The molecule has 0 fully saturated rings. The molecule has 1 atom stereocenters. The summed E-state index contributed by atoms with van der Waals surface area (Å²) >= 11 is 0. The highest BCUT2D eigenvalue weighted by atomic mass is 19.1. The molecule has 0 aliphatic heterocycles. The van der Waals surface area contributed by atoms with Crippen LogP contribution in [0.5, 0.6) is 0 Å². The van der Waals surface area contributed by atoms with Gasteiger partial charge in [0.15, 0.2) is 0 Å². The molecule has 0 bridgehead atoms. The Morgan fingerprint density at radius 3 is 2.94 bits per heavy atom. The van der Waals surface area contributed by atoms with Gasteiger partial charge in [-0.2, -0.15) is 0 Å². The molecule has 0 saturated carbocycles. The van der Waals surface area contributed by atoms with Gasteiger partial charge in [0.25, 0.3) is 0 Å². The van der Waals surface area contributed by atoms with Crippen molar-refractivity contribution in [2.45, 2.75) is 26.2 Å². The summed E-state index contributed by atoms with van der Waals surface area (Å²) in [6, 6.07) is 8.72. The normalized spacial score (nSPS) is 19.9. The van der Waals surface area contributed by atoms with Gasteiger partial charge in [0.1, 0.15) is 5.82 Å². The van der Waals surface area contributed by atoms with E-state index in [0.717, 1.165) is 23.0 Å². The van der Waals surface area contributed by atoms with E-state index in [1.165, 1.54) is 30.5 Å². The van der Waals surface area contributed by atoms with E-state index in [1.807, 2.05) is 12.1 Å². The van der Waals surface area contributed by atoms with Gasteiger partial charge >= 0.3 is 0 Å². The van der Waals surface area contributed by atoms with Gasteiger partial charge in [-0.1, -0.05) is 19.1 Å². The summed E-state index contributed by atoms with van der Waals surface area (Å²) in [5.74, 6) is 0.432. The highest BCUT2D eigenvalue weighted by Crippen LogP contribution is 2.29. The molecular formula is C16H16FN. The molecule has 1 nitrogen and oxygen atoms in total. The Morgan fingerprint density at radius 2 is 2.11 bits per heavy atom. The second kappa shape index (κ2) is 4.52. The van der Waals surface area contributed by atoms with Gasteiger partial charge in [0.2, 0.25) is 0 Å². The summed E-state index contributed by atoms with van der Waals surface area (Å²) in [5.41, 5.74) is 3.24. The Morgan fingerprint density at radius 1 is 1.22 bits per heavy atom. The smallest absolute Gasteiger partial charge is 0.123 e. The van der Waals surface area contributed by atoms with Crippen LogP contribution in [0.1, 0.15) is 31.9 Å². The Balaban J connectivity index is 2.05. The van der Waals surface area contributed by atoms with Crippen molar-refractivity contribution in [1.29, 1.82) is 0 Å². The molecule has 3 rings (SSSR count). The monoisotopic (exact) mass is 241 g/mol. The van der Waals surface area contributed by atoms with Gasteiger partial charge in [-0.25, -0.2) is 9.37 Å². The van der Waals surface area contributed by atoms with Crippen LogP contribution in [-0.4, -0.2) is 4.98 Å². The van der Waals surface area contributed by atoms with Crippen LogP contribution in [0.15, 0.2) is 36.4 Å². The lowest BCUT2D eigenvalue weighted by Crippen LogP contribution is -2.01. The summed E-state index contributed by atoms with van der Waals surface area (Å²) in [6.07, 6.45) is 5.92. The van der Waals surface area contributed by atoms with Crippen molar-refractivity contribution in [3.8, 4) is 0 Å². The van der Waals surface area contributed by atoms with Gasteiger partial charge < -0.3 is 0 Å². The van der Waals surface area contributed by atoms with Crippen LogP contribution in [0, 0.1) is 11.7 Å². The number of benzene rings is 1. The van der Waals surface area contributed by atoms with E-state index in [2.05, 4.69) is 18.0 Å². The number of rotatable bonds is 1. The number of fused-ring (bicyclic) bond motifs is 1. The van der Waals surface area contributed by atoms with E-state index < -0.39 is 0 Å². The molecule has 92 valence electrons. The maximum atomic E-state index is 13.1. The van der Waals surface area contributed by atoms with E-state index in [-0.39, 0.29) is 5.82 Å². The van der Waals surface area contributed by atoms with Crippen LogP contribution in [-0.2, 0) is 0 Å². The molecule has 0 saturated heterocycles. The molecule has 1 heterocycles. The third-order valence-electron chi connectivity index (χ3n) is 3.57. The molecule has 1 aliphatic carbocycles. The molecule has 1 aromatic carbocycles. The third kappa shape index (κ3) is 2.15. The molecule has 0 amide bonds. The van der Waals surface area contributed by atoms with Gasteiger partial charge in [-0.3, -0.25) is 0 Å². The minimum absolute atomic E-state index is 0.206. The first-order valence-corrected chi connectivity index (χ1v) is 6.50. The molecule has 2 heteroatoms. The molecule has 2 aromatic rings. The summed E-state index contributed by atoms with van der Waals surface area (Å²) in [6.45, 7) is 2.25. The minimum atomic E-state index is -0.206. The van der Waals surface area contributed by atoms with Crippen molar-refractivity contribution in [1.82, 2.24) is 4.98 Å². The van der Waals surface area contributed by atoms with Crippen LogP contribution in [0.3, 0.4) is 0 Å². The zero-order valence-corrected chi connectivity index (χ0v) is 10.5. The Kier molecular flexibility index (Phi) is 2.86. The average Bonchev–Trinajstić information content (AvgIpc) is 2.38. The highest BCUT2D eigenvalue weighted by Gasteiger charge is 2.12. The van der Waals surface area contributed by atoms with E-state index in [0.29, 0.717) is 5.92 Å². The maximum absolute atomic E-state index is 13.1. The molecule has 0 N–H and O–H groups in total.